The van der Waals surface area contributed by atoms with Gasteiger partial charge in [0.15, 0.2) is 0 Å². The minimum Gasteiger partial charge on any atom is -0.481 e. The first kappa shape index (κ1) is 19.9. The average molecular weight is 367 g/mol. The van der Waals surface area contributed by atoms with Crippen molar-refractivity contribution < 1.29 is 14.7 Å². The summed E-state index contributed by atoms with van der Waals surface area (Å²) in [5, 5.41) is 15.1. The van der Waals surface area contributed by atoms with Crippen LogP contribution in [0.1, 0.15) is 74.9 Å². The average Bonchev–Trinajstić information content (AvgIpc) is 2.99. The van der Waals surface area contributed by atoms with Crippen molar-refractivity contribution in [1.29, 1.82) is 0 Å². The third-order valence-electron chi connectivity index (χ3n) is 4.92. The van der Waals surface area contributed by atoms with Gasteiger partial charge in [-0.3, -0.25) is 9.59 Å². The van der Waals surface area contributed by atoms with Gasteiger partial charge in [-0.15, -0.1) is 11.3 Å². The van der Waals surface area contributed by atoms with E-state index in [4.69, 9.17) is 5.11 Å². The first-order valence-corrected chi connectivity index (χ1v) is 10.3. The number of aromatic nitrogens is 1. The van der Waals surface area contributed by atoms with E-state index >= 15 is 0 Å². The Bertz CT molecular complexity index is 553. The number of amides is 1. The molecule has 5 nitrogen and oxygen atoms in total. The van der Waals surface area contributed by atoms with Gasteiger partial charge in [-0.2, -0.15) is 0 Å². The van der Waals surface area contributed by atoms with Crippen molar-refractivity contribution in [1.82, 2.24) is 10.3 Å². The molecular formula is C19H30N2O3S. The molecular weight excluding hydrogens is 336 g/mol. The zero-order valence-corrected chi connectivity index (χ0v) is 15.9. The van der Waals surface area contributed by atoms with Crippen LogP contribution in [-0.4, -0.2) is 28.0 Å². The van der Waals surface area contributed by atoms with Gasteiger partial charge in [0.2, 0.25) is 5.91 Å². The van der Waals surface area contributed by atoms with Crippen molar-refractivity contribution in [3.63, 3.8) is 0 Å². The van der Waals surface area contributed by atoms with Crippen LogP contribution in [0.25, 0.3) is 0 Å². The summed E-state index contributed by atoms with van der Waals surface area (Å²) in [6.07, 6.45) is 9.90. The second-order valence-electron chi connectivity index (χ2n) is 7.15. The molecule has 0 bridgehead atoms. The van der Waals surface area contributed by atoms with Crippen LogP contribution < -0.4 is 5.32 Å². The van der Waals surface area contributed by atoms with E-state index in [1.807, 2.05) is 12.3 Å². The SMILES string of the molecule is Cc1nc(CCCC(=O)NC(CCC(=O)O)CC2CCCCC2)cs1. The summed E-state index contributed by atoms with van der Waals surface area (Å²) in [4.78, 5) is 27.6. The monoisotopic (exact) mass is 366 g/mol. The van der Waals surface area contributed by atoms with Crippen molar-refractivity contribution in [2.75, 3.05) is 0 Å². The molecule has 1 aliphatic carbocycles. The molecule has 2 rings (SSSR count). The number of aliphatic carboxylic acids is 1. The highest BCUT2D eigenvalue weighted by atomic mass is 32.1. The van der Waals surface area contributed by atoms with Gasteiger partial charge in [0, 0.05) is 24.3 Å². The Kier molecular flexibility index (Phi) is 8.38. The number of thiazole rings is 1. The quantitative estimate of drug-likeness (QED) is 0.653. The van der Waals surface area contributed by atoms with Crippen molar-refractivity contribution in [2.24, 2.45) is 5.92 Å². The van der Waals surface area contributed by atoms with Crippen LogP contribution in [0, 0.1) is 12.8 Å². The maximum absolute atomic E-state index is 12.3. The Labute approximate surface area is 154 Å². The molecule has 0 aromatic carbocycles. The lowest BCUT2D eigenvalue weighted by Gasteiger charge is -2.27. The summed E-state index contributed by atoms with van der Waals surface area (Å²) < 4.78 is 0. The fraction of sp³-hybridized carbons (Fsp3) is 0.737. The molecule has 1 amide bonds. The van der Waals surface area contributed by atoms with Gasteiger partial charge in [0.25, 0.3) is 0 Å². The van der Waals surface area contributed by atoms with E-state index in [0.717, 1.165) is 30.0 Å². The second kappa shape index (κ2) is 10.5. The minimum absolute atomic E-state index is 0.00628. The smallest absolute Gasteiger partial charge is 0.303 e. The van der Waals surface area contributed by atoms with E-state index in [1.54, 1.807) is 11.3 Å². The van der Waals surface area contributed by atoms with E-state index in [0.29, 0.717) is 18.8 Å². The molecule has 1 saturated carbocycles. The summed E-state index contributed by atoms with van der Waals surface area (Å²) in [5.41, 5.74) is 1.06. The number of carbonyl (C=O) groups is 2. The van der Waals surface area contributed by atoms with Gasteiger partial charge in [-0.1, -0.05) is 32.1 Å². The van der Waals surface area contributed by atoms with Crippen LogP contribution in [0.15, 0.2) is 5.38 Å². The molecule has 2 N–H and O–H groups in total. The normalized spacial score (nSPS) is 16.5. The number of carboxylic acids is 1. The van der Waals surface area contributed by atoms with Gasteiger partial charge in [0.05, 0.1) is 10.7 Å². The van der Waals surface area contributed by atoms with E-state index in [-0.39, 0.29) is 18.4 Å². The summed E-state index contributed by atoms with van der Waals surface area (Å²) in [7, 11) is 0. The van der Waals surface area contributed by atoms with Crippen LogP contribution in [0.5, 0.6) is 0 Å². The lowest BCUT2D eigenvalue weighted by atomic mass is 9.84. The Morgan fingerprint density at radius 1 is 1.32 bits per heavy atom. The van der Waals surface area contributed by atoms with Gasteiger partial charge < -0.3 is 10.4 Å². The fourth-order valence-corrected chi connectivity index (χ4v) is 4.27. The topological polar surface area (TPSA) is 79.3 Å². The predicted molar refractivity (Wildman–Crippen MR) is 99.8 cm³/mol. The second-order valence-corrected chi connectivity index (χ2v) is 8.21. The highest BCUT2D eigenvalue weighted by Crippen LogP contribution is 2.28. The molecule has 1 aliphatic rings. The number of aryl methyl sites for hydroxylation is 2. The molecule has 0 aliphatic heterocycles. The van der Waals surface area contributed by atoms with E-state index in [1.165, 1.54) is 32.1 Å². The molecule has 1 heterocycles. The van der Waals surface area contributed by atoms with Crippen LogP contribution in [-0.2, 0) is 16.0 Å². The maximum atomic E-state index is 12.3. The summed E-state index contributed by atoms with van der Waals surface area (Å²) in [5.74, 6) is -0.120. The highest BCUT2D eigenvalue weighted by molar-refractivity contribution is 7.09. The van der Waals surface area contributed by atoms with Crippen molar-refractivity contribution in [2.45, 2.75) is 83.6 Å². The molecule has 1 fully saturated rings. The molecule has 1 aromatic rings. The van der Waals surface area contributed by atoms with Crippen molar-refractivity contribution in [3.05, 3.63) is 16.1 Å². The summed E-state index contributed by atoms with van der Waals surface area (Å²) >= 11 is 1.64. The van der Waals surface area contributed by atoms with Gasteiger partial charge in [-0.25, -0.2) is 4.98 Å². The first-order valence-electron chi connectivity index (χ1n) is 9.45. The lowest BCUT2D eigenvalue weighted by molar-refractivity contribution is -0.137. The van der Waals surface area contributed by atoms with Gasteiger partial charge in [0.1, 0.15) is 0 Å². The van der Waals surface area contributed by atoms with Gasteiger partial charge in [-0.05, 0) is 38.5 Å². The van der Waals surface area contributed by atoms with E-state index in [2.05, 4.69) is 10.3 Å². The van der Waals surface area contributed by atoms with Crippen molar-refractivity contribution >= 4 is 23.2 Å². The highest BCUT2D eigenvalue weighted by Gasteiger charge is 2.21. The molecule has 1 aromatic heterocycles. The van der Waals surface area contributed by atoms with Crippen LogP contribution in [0.3, 0.4) is 0 Å². The number of hydrogen-bond donors (Lipinski definition) is 2. The zero-order valence-electron chi connectivity index (χ0n) is 15.1. The van der Waals surface area contributed by atoms with Crippen molar-refractivity contribution in [3.8, 4) is 0 Å². The van der Waals surface area contributed by atoms with E-state index < -0.39 is 5.97 Å². The zero-order chi connectivity index (χ0) is 18.1. The fourth-order valence-electron chi connectivity index (χ4n) is 3.62. The molecule has 1 atom stereocenters. The number of rotatable bonds is 10. The molecule has 0 saturated heterocycles. The Balaban J connectivity index is 1.75. The number of carbonyl (C=O) groups excluding carboxylic acids is 1. The number of nitrogens with zero attached hydrogens (tertiary/aromatic N) is 1. The molecule has 140 valence electrons. The molecule has 0 spiro atoms. The van der Waals surface area contributed by atoms with Gasteiger partial charge >= 0.3 is 5.97 Å². The van der Waals surface area contributed by atoms with Crippen LogP contribution in [0.2, 0.25) is 0 Å². The Morgan fingerprint density at radius 3 is 2.72 bits per heavy atom. The minimum atomic E-state index is -0.790. The maximum Gasteiger partial charge on any atom is 0.303 e. The predicted octanol–water partition coefficient (Wildman–Crippen LogP) is 4.09. The largest absolute Gasteiger partial charge is 0.481 e. The summed E-state index contributed by atoms with van der Waals surface area (Å²) in [6, 6.07) is -0.00628. The third-order valence-corrected chi connectivity index (χ3v) is 5.74. The molecule has 6 heteroatoms. The Morgan fingerprint density at radius 2 is 2.08 bits per heavy atom. The van der Waals surface area contributed by atoms with E-state index in [9.17, 15) is 9.59 Å². The number of carboxylic acid groups (broad SMARTS) is 1. The van der Waals surface area contributed by atoms with Crippen LogP contribution >= 0.6 is 11.3 Å². The first-order chi connectivity index (χ1) is 12.0. The molecule has 0 radical (unpaired) electrons. The third kappa shape index (κ3) is 7.99. The summed E-state index contributed by atoms with van der Waals surface area (Å²) in [6.45, 7) is 1.99. The lowest BCUT2D eigenvalue weighted by Crippen LogP contribution is -2.37. The molecule has 1 unspecified atom stereocenters. The number of nitrogens with one attached hydrogen (secondary N) is 1. The Hall–Kier alpha value is -1.43. The molecule has 25 heavy (non-hydrogen) atoms. The standard InChI is InChI=1S/C19H30N2O3S/c1-14-20-17(13-25-14)8-5-9-18(22)21-16(10-11-19(23)24)12-15-6-3-2-4-7-15/h13,15-16H,2-12H2,1H3,(H,21,22)(H,23,24). The van der Waals surface area contributed by atoms with Crippen LogP contribution in [0.4, 0.5) is 0 Å². The number of hydrogen-bond acceptors (Lipinski definition) is 4.